The van der Waals surface area contributed by atoms with Crippen molar-refractivity contribution in [3.05, 3.63) is 29.3 Å². The molecule has 0 fully saturated rings. The molecular weight excluding hydrogens is 244 g/mol. The minimum absolute atomic E-state index is 0.202. The fraction of sp³-hybridized carbons (Fsp3) is 0.417. The van der Waals surface area contributed by atoms with Crippen molar-refractivity contribution >= 4 is 11.6 Å². The molecule has 0 aromatic carbocycles. The van der Waals surface area contributed by atoms with Crippen LogP contribution in [0, 0.1) is 0 Å². The van der Waals surface area contributed by atoms with Crippen LogP contribution in [0.2, 0.25) is 0 Å². The van der Waals surface area contributed by atoms with E-state index in [1.165, 1.54) is 0 Å². The first-order chi connectivity index (χ1) is 9.00. The predicted octanol–water partition coefficient (Wildman–Crippen LogP) is 1.11. The van der Waals surface area contributed by atoms with Crippen LogP contribution in [-0.2, 0) is 6.54 Å². The lowest BCUT2D eigenvalue weighted by molar-refractivity contribution is 0.0780. The normalized spacial score (nSPS) is 10.9. The highest BCUT2D eigenvalue weighted by Gasteiger charge is 2.21. The van der Waals surface area contributed by atoms with Gasteiger partial charge in [0, 0.05) is 25.4 Å². The molecule has 2 heterocycles. The molecule has 0 saturated heterocycles. The highest BCUT2D eigenvalue weighted by Crippen LogP contribution is 2.23. The average Bonchev–Trinajstić information content (AvgIpc) is 2.97. The Morgan fingerprint density at radius 1 is 1.53 bits per heavy atom. The monoisotopic (exact) mass is 262 g/mol. The second-order valence-electron chi connectivity index (χ2n) is 4.82. The van der Waals surface area contributed by atoms with Crippen LogP contribution in [0.5, 0.6) is 0 Å². The molecule has 2 aromatic rings. The Balaban J connectivity index is 2.15. The van der Waals surface area contributed by atoms with Crippen molar-refractivity contribution in [2.75, 3.05) is 12.8 Å². The van der Waals surface area contributed by atoms with E-state index in [1.54, 1.807) is 24.3 Å². The molecular formula is C12H18N6O. The Kier molecular flexibility index (Phi) is 3.55. The van der Waals surface area contributed by atoms with Gasteiger partial charge in [-0.1, -0.05) is 13.8 Å². The molecule has 7 heteroatoms. The molecule has 0 atom stereocenters. The van der Waals surface area contributed by atoms with E-state index >= 15 is 0 Å². The van der Waals surface area contributed by atoms with Crippen molar-refractivity contribution < 1.29 is 4.79 Å². The summed E-state index contributed by atoms with van der Waals surface area (Å²) >= 11 is 0. The zero-order chi connectivity index (χ0) is 14.0. The number of hydrogen-bond donors (Lipinski definition) is 3. The van der Waals surface area contributed by atoms with Crippen molar-refractivity contribution in [3.8, 4) is 0 Å². The molecule has 0 bridgehead atoms. The number of H-pyrrole nitrogens is 2. The van der Waals surface area contributed by atoms with E-state index in [2.05, 4.69) is 20.4 Å². The highest BCUT2D eigenvalue weighted by atomic mass is 16.2. The number of nitrogen functional groups attached to an aromatic ring is 1. The minimum atomic E-state index is -0.207. The van der Waals surface area contributed by atoms with Crippen molar-refractivity contribution in [3.63, 3.8) is 0 Å². The van der Waals surface area contributed by atoms with E-state index in [0.717, 1.165) is 11.3 Å². The van der Waals surface area contributed by atoms with Gasteiger partial charge in [0.15, 0.2) is 5.69 Å². The molecule has 0 saturated carbocycles. The summed E-state index contributed by atoms with van der Waals surface area (Å²) in [6, 6.07) is 0. The topological polar surface area (TPSA) is 104 Å². The van der Waals surface area contributed by atoms with E-state index in [4.69, 9.17) is 5.73 Å². The number of aromatic amines is 2. The maximum atomic E-state index is 12.3. The van der Waals surface area contributed by atoms with Crippen LogP contribution in [0.1, 0.15) is 41.5 Å². The summed E-state index contributed by atoms with van der Waals surface area (Å²) in [4.78, 5) is 13.8. The number of hydrogen-bond acceptors (Lipinski definition) is 4. The van der Waals surface area contributed by atoms with Crippen LogP contribution in [-0.4, -0.2) is 38.2 Å². The van der Waals surface area contributed by atoms with Gasteiger partial charge in [-0.3, -0.25) is 15.0 Å². The molecule has 1 amide bonds. The maximum Gasteiger partial charge on any atom is 0.276 e. The van der Waals surface area contributed by atoms with Crippen LogP contribution in [0.3, 0.4) is 0 Å². The van der Waals surface area contributed by atoms with Crippen LogP contribution in [0.25, 0.3) is 0 Å². The van der Waals surface area contributed by atoms with E-state index < -0.39 is 0 Å². The Labute approximate surface area is 111 Å². The lowest BCUT2D eigenvalue weighted by Gasteiger charge is -2.15. The first-order valence-corrected chi connectivity index (χ1v) is 6.07. The van der Waals surface area contributed by atoms with E-state index in [-0.39, 0.29) is 17.5 Å². The van der Waals surface area contributed by atoms with Crippen molar-refractivity contribution in [1.82, 2.24) is 25.3 Å². The van der Waals surface area contributed by atoms with E-state index in [0.29, 0.717) is 12.2 Å². The summed E-state index contributed by atoms with van der Waals surface area (Å²) in [5.74, 6) is -0.00456. The van der Waals surface area contributed by atoms with Gasteiger partial charge in [0.25, 0.3) is 5.91 Å². The van der Waals surface area contributed by atoms with E-state index in [9.17, 15) is 4.79 Å². The lowest BCUT2D eigenvalue weighted by atomic mass is 10.1. The van der Waals surface area contributed by atoms with Gasteiger partial charge in [-0.05, 0) is 5.92 Å². The molecule has 2 rings (SSSR count). The van der Waals surface area contributed by atoms with Crippen LogP contribution < -0.4 is 5.73 Å². The van der Waals surface area contributed by atoms with Crippen molar-refractivity contribution in [1.29, 1.82) is 0 Å². The summed E-state index contributed by atoms with van der Waals surface area (Å²) in [6.45, 7) is 4.44. The number of nitrogens with one attached hydrogen (secondary N) is 2. The first-order valence-electron chi connectivity index (χ1n) is 6.07. The number of amides is 1. The summed E-state index contributed by atoms with van der Waals surface area (Å²) < 4.78 is 0. The van der Waals surface area contributed by atoms with Crippen LogP contribution in [0.4, 0.5) is 5.69 Å². The molecule has 0 unspecified atom stereocenters. The number of aromatic nitrogens is 4. The number of nitrogens with zero attached hydrogens (tertiary/aromatic N) is 3. The number of rotatable bonds is 4. The first kappa shape index (κ1) is 13.1. The third-order valence-corrected chi connectivity index (χ3v) is 2.93. The summed E-state index contributed by atoms with van der Waals surface area (Å²) in [5.41, 5.74) is 8.38. The van der Waals surface area contributed by atoms with Gasteiger partial charge in [-0.25, -0.2) is 0 Å². The standard InChI is InChI=1S/C12H18N6O/c1-7(2)10-9(13)11(17-16-10)12(19)18(3)6-8-4-14-15-5-8/h4-5,7H,6,13H2,1-3H3,(H,14,15)(H,16,17). The second kappa shape index (κ2) is 5.13. The largest absolute Gasteiger partial charge is 0.395 e. The summed E-state index contributed by atoms with van der Waals surface area (Å²) in [6.07, 6.45) is 3.43. The van der Waals surface area contributed by atoms with Crippen molar-refractivity contribution in [2.24, 2.45) is 0 Å². The average molecular weight is 262 g/mol. The molecule has 0 aliphatic carbocycles. The third kappa shape index (κ3) is 2.59. The van der Waals surface area contributed by atoms with Gasteiger partial charge in [-0.2, -0.15) is 10.2 Å². The SMILES string of the molecule is CC(C)c1[nH]nc(C(=O)N(C)Cc2cn[nH]c2)c1N. The van der Waals surface area contributed by atoms with Gasteiger partial charge in [0.2, 0.25) is 0 Å². The van der Waals surface area contributed by atoms with Gasteiger partial charge in [0.1, 0.15) is 0 Å². The molecule has 0 aliphatic heterocycles. The molecule has 0 aliphatic rings. The molecule has 19 heavy (non-hydrogen) atoms. The zero-order valence-corrected chi connectivity index (χ0v) is 11.3. The number of nitrogens with two attached hydrogens (primary N) is 1. The van der Waals surface area contributed by atoms with Gasteiger partial charge in [-0.15, -0.1) is 0 Å². The number of anilines is 1. The molecule has 0 spiro atoms. The second-order valence-corrected chi connectivity index (χ2v) is 4.82. The molecule has 2 aromatic heterocycles. The molecule has 0 radical (unpaired) electrons. The lowest BCUT2D eigenvalue weighted by Crippen LogP contribution is -2.27. The summed E-state index contributed by atoms with van der Waals surface area (Å²) in [5, 5.41) is 13.4. The van der Waals surface area contributed by atoms with Gasteiger partial charge in [0.05, 0.1) is 17.6 Å². The third-order valence-electron chi connectivity index (χ3n) is 2.93. The molecule has 4 N–H and O–H groups in total. The molecule has 7 nitrogen and oxygen atoms in total. The van der Waals surface area contributed by atoms with E-state index in [1.807, 2.05) is 13.8 Å². The summed E-state index contributed by atoms with van der Waals surface area (Å²) in [7, 11) is 1.71. The fourth-order valence-corrected chi connectivity index (χ4v) is 1.86. The number of carbonyl (C=O) groups is 1. The van der Waals surface area contributed by atoms with Crippen molar-refractivity contribution in [2.45, 2.75) is 26.3 Å². The minimum Gasteiger partial charge on any atom is -0.395 e. The van der Waals surface area contributed by atoms with Gasteiger partial charge < -0.3 is 10.6 Å². The maximum absolute atomic E-state index is 12.3. The smallest absolute Gasteiger partial charge is 0.276 e. The zero-order valence-electron chi connectivity index (χ0n) is 11.3. The van der Waals surface area contributed by atoms with Crippen LogP contribution in [0.15, 0.2) is 12.4 Å². The number of carbonyl (C=O) groups excluding carboxylic acids is 1. The quantitative estimate of drug-likeness (QED) is 0.767. The predicted molar refractivity (Wildman–Crippen MR) is 71.5 cm³/mol. The fourth-order valence-electron chi connectivity index (χ4n) is 1.86. The Bertz CT molecular complexity index is 557. The van der Waals surface area contributed by atoms with Crippen LogP contribution >= 0.6 is 0 Å². The van der Waals surface area contributed by atoms with Gasteiger partial charge >= 0.3 is 0 Å². The Hall–Kier alpha value is -2.31. The Morgan fingerprint density at radius 3 is 2.79 bits per heavy atom. The highest BCUT2D eigenvalue weighted by molar-refractivity contribution is 5.97. The Morgan fingerprint density at radius 2 is 2.26 bits per heavy atom. The molecule has 102 valence electrons.